The highest BCUT2D eigenvalue weighted by molar-refractivity contribution is 7.16. The van der Waals surface area contributed by atoms with Crippen LogP contribution in [-0.2, 0) is 6.18 Å². The van der Waals surface area contributed by atoms with Crippen LogP contribution in [0.25, 0.3) is 10.4 Å². The van der Waals surface area contributed by atoms with Gasteiger partial charge in [0.15, 0.2) is 0 Å². The van der Waals surface area contributed by atoms with Crippen LogP contribution in [0.4, 0.5) is 13.2 Å². The van der Waals surface area contributed by atoms with Crippen LogP contribution in [0.1, 0.15) is 63.1 Å². The van der Waals surface area contributed by atoms with E-state index in [-0.39, 0.29) is 11.7 Å². The highest BCUT2D eigenvalue weighted by atomic mass is 32.1. The van der Waals surface area contributed by atoms with Gasteiger partial charge in [-0.3, -0.25) is 9.59 Å². The van der Waals surface area contributed by atoms with Gasteiger partial charge in [-0.15, -0.1) is 22.7 Å². The van der Waals surface area contributed by atoms with Crippen molar-refractivity contribution in [2.45, 2.75) is 44.8 Å². The van der Waals surface area contributed by atoms with Gasteiger partial charge >= 0.3 is 6.18 Å². The van der Waals surface area contributed by atoms with Gasteiger partial charge in [0.05, 0.1) is 31.5 Å². The predicted octanol–water partition coefficient (Wildman–Crippen LogP) is 6.06. The molecular weight excluding hydrogens is 561 g/mol. The zero-order valence-corrected chi connectivity index (χ0v) is 23.5. The number of carbonyl (C=O) groups excluding carboxylic acids is 2. The summed E-state index contributed by atoms with van der Waals surface area (Å²) in [4.78, 5) is 31.4. The van der Waals surface area contributed by atoms with Crippen LogP contribution in [0.3, 0.4) is 0 Å². The molecule has 0 unspecified atom stereocenters. The van der Waals surface area contributed by atoms with Gasteiger partial charge in [-0.2, -0.15) is 18.3 Å². The lowest BCUT2D eigenvalue weighted by molar-refractivity contribution is -0.137. The fourth-order valence-corrected chi connectivity index (χ4v) is 7.02. The summed E-state index contributed by atoms with van der Waals surface area (Å²) < 4.78 is 38.6. The minimum Gasteiger partial charge on any atom is -0.506 e. The average Bonchev–Trinajstić information content (AvgIpc) is 3.72. The summed E-state index contributed by atoms with van der Waals surface area (Å²) in [6.45, 7) is 5.32. The van der Waals surface area contributed by atoms with Gasteiger partial charge in [-0.1, -0.05) is 12.1 Å². The number of carbonyl (C=O) groups is 2. The molecule has 2 aromatic heterocycles. The molecule has 2 aliphatic heterocycles. The first-order chi connectivity index (χ1) is 19.1. The number of alkyl halides is 3. The Balaban J connectivity index is 1.19. The summed E-state index contributed by atoms with van der Waals surface area (Å²) in [6.07, 6.45) is -0.00563. The van der Waals surface area contributed by atoms with E-state index >= 15 is 0 Å². The second-order valence-electron chi connectivity index (χ2n) is 9.97. The molecule has 2 aliphatic rings. The van der Waals surface area contributed by atoms with Crippen molar-refractivity contribution in [1.29, 1.82) is 0 Å². The summed E-state index contributed by atoms with van der Waals surface area (Å²) in [6, 6.07) is 8.34. The number of nitrogens with zero attached hydrogens (tertiary/aromatic N) is 3. The van der Waals surface area contributed by atoms with E-state index in [0.717, 1.165) is 60.7 Å². The molecule has 2 amide bonds. The molecule has 0 bridgehead atoms. The second-order valence-corrected chi connectivity index (χ2v) is 11.9. The van der Waals surface area contributed by atoms with Crippen molar-refractivity contribution < 1.29 is 27.9 Å². The van der Waals surface area contributed by atoms with E-state index in [2.05, 4.69) is 15.4 Å². The zero-order chi connectivity index (χ0) is 28.4. The quantitative estimate of drug-likeness (QED) is 0.270. The summed E-state index contributed by atoms with van der Waals surface area (Å²) in [7, 11) is 0. The van der Waals surface area contributed by atoms with E-state index in [4.69, 9.17) is 0 Å². The topological polar surface area (TPSA) is 85.2 Å². The Morgan fingerprint density at radius 2 is 1.65 bits per heavy atom. The molecular formula is C28H29F3N4O3S2. The molecule has 4 heterocycles. The van der Waals surface area contributed by atoms with Crippen molar-refractivity contribution in [3.8, 4) is 16.2 Å². The van der Waals surface area contributed by atoms with Gasteiger partial charge in [0.25, 0.3) is 11.8 Å². The summed E-state index contributed by atoms with van der Waals surface area (Å²) in [5, 5.41) is 16.4. The molecule has 212 valence electrons. The van der Waals surface area contributed by atoms with Gasteiger partial charge in [0.2, 0.25) is 0 Å². The molecule has 2 saturated heterocycles. The largest absolute Gasteiger partial charge is 0.506 e. The minimum atomic E-state index is -4.44. The Hall–Kier alpha value is -3.22. The third kappa shape index (κ3) is 6.08. The molecule has 0 aliphatic carbocycles. The Kier molecular flexibility index (Phi) is 8.29. The Labute approximate surface area is 237 Å². The van der Waals surface area contributed by atoms with Crippen LogP contribution in [-0.4, -0.2) is 64.7 Å². The van der Waals surface area contributed by atoms with Crippen LogP contribution >= 0.6 is 22.7 Å². The number of likely N-dealkylation sites (tertiary alicyclic amines) is 2. The number of thiophene rings is 2. The third-order valence-electron chi connectivity index (χ3n) is 7.40. The standard InChI is InChI=1S/C28H29F3N4O3S2/c1-17(21-16-39-25(24(21)36)18-4-6-19(7-5-18)28(29,30)31)32-33-26(37)22-8-9-23(40-22)27(38)35-14-10-20(11-15-35)34-12-2-3-13-34/h4-9,16,20,36H,2-3,10-15H2,1H3,(H,33,37). The highest BCUT2D eigenvalue weighted by Crippen LogP contribution is 2.40. The third-order valence-corrected chi connectivity index (χ3v) is 9.49. The maximum atomic E-state index is 13.0. The lowest BCUT2D eigenvalue weighted by Gasteiger charge is -2.36. The molecule has 2 N–H and O–H groups in total. The van der Waals surface area contributed by atoms with E-state index < -0.39 is 17.6 Å². The van der Waals surface area contributed by atoms with Gasteiger partial charge in [-0.25, -0.2) is 5.43 Å². The molecule has 0 spiro atoms. The molecule has 3 aromatic rings. The fourth-order valence-electron chi connectivity index (χ4n) is 5.15. The number of halogens is 3. The number of rotatable bonds is 6. The van der Waals surface area contributed by atoms with Gasteiger partial charge in [0, 0.05) is 24.5 Å². The Morgan fingerprint density at radius 3 is 2.30 bits per heavy atom. The summed E-state index contributed by atoms with van der Waals surface area (Å²) in [5.74, 6) is -0.672. The number of nitrogens with one attached hydrogen (secondary N) is 1. The molecule has 5 rings (SSSR count). The highest BCUT2D eigenvalue weighted by Gasteiger charge is 2.31. The number of hydrogen-bond donors (Lipinski definition) is 2. The number of piperidine rings is 1. The van der Waals surface area contributed by atoms with Crippen molar-refractivity contribution in [1.82, 2.24) is 15.2 Å². The van der Waals surface area contributed by atoms with Crippen molar-refractivity contribution in [2.24, 2.45) is 5.10 Å². The van der Waals surface area contributed by atoms with Gasteiger partial charge in [-0.05, 0) is 75.5 Å². The maximum Gasteiger partial charge on any atom is 0.416 e. The van der Waals surface area contributed by atoms with E-state index in [1.807, 2.05) is 4.90 Å². The molecule has 7 nitrogen and oxygen atoms in total. The van der Waals surface area contributed by atoms with Gasteiger partial charge in [0.1, 0.15) is 5.75 Å². The van der Waals surface area contributed by atoms with Crippen LogP contribution < -0.4 is 5.43 Å². The first-order valence-corrected chi connectivity index (χ1v) is 14.8. The van der Waals surface area contributed by atoms with Crippen LogP contribution in [0, 0.1) is 0 Å². The Bertz CT molecular complexity index is 1400. The van der Waals surface area contributed by atoms with E-state index in [9.17, 15) is 27.9 Å². The molecule has 0 saturated carbocycles. The number of amides is 2. The first kappa shape index (κ1) is 28.3. The number of hydrazone groups is 1. The molecule has 2 fully saturated rings. The van der Waals surface area contributed by atoms with E-state index in [1.54, 1.807) is 24.4 Å². The summed E-state index contributed by atoms with van der Waals surface area (Å²) in [5.41, 5.74) is 2.82. The number of aromatic hydroxyl groups is 1. The molecule has 0 atom stereocenters. The summed E-state index contributed by atoms with van der Waals surface area (Å²) >= 11 is 2.27. The van der Waals surface area contributed by atoms with Crippen LogP contribution in [0.2, 0.25) is 0 Å². The zero-order valence-electron chi connectivity index (χ0n) is 21.8. The SMILES string of the molecule is CC(=NNC(=O)c1ccc(C(=O)N2CCC(N3CCCC3)CC2)s1)c1csc(-c2ccc(C(F)(F)F)cc2)c1O. The first-order valence-electron chi connectivity index (χ1n) is 13.1. The molecule has 40 heavy (non-hydrogen) atoms. The number of hydrogen-bond acceptors (Lipinski definition) is 7. The monoisotopic (exact) mass is 590 g/mol. The molecule has 1 aromatic carbocycles. The van der Waals surface area contributed by atoms with E-state index in [0.29, 0.717) is 50.6 Å². The minimum absolute atomic E-state index is 0.0670. The van der Waals surface area contributed by atoms with Crippen molar-refractivity contribution in [2.75, 3.05) is 26.2 Å². The van der Waals surface area contributed by atoms with Gasteiger partial charge < -0.3 is 14.9 Å². The van der Waals surface area contributed by atoms with Crippen molar-refractivity contribution >= 4 is 40.2 Å². The second kappa shape index (κ2) is 11.7. The molecule has 12 heteroatoms. The van der Waals surface area contributed by atoms with Crippen LogP contribution in [0.15, 0.2) is 46.9 Å². The average molecular weight is 591 g/mol. The van der Waals surface area contributed by atoms with Crippen molar-refractivity contribution in [3.63, 3.8) is 0 Å². The smallest absolute Gasteiger partial charge is 0.416 e. The predicted molar refractivity (Wildman–Crippen MR) is 150 cm³/mol. The van der Waals surface area contributed by atoms with Crippen molar-refractivity contribution in [3.05, 3.63) is 62.7 Å². The Morgan fingerprint density at radius 1 is 1.00 bits per heavy atom. The fraction of sp³-hybridized carbons (Fsp3) is 0.393. The molecule has 0 radical (unpaired) electrons. The number of benzene rings is 1. The lowest BCUT2D eigenvalue weighted by atomic mass is 10.0. The van der Waals surface area contributed by atoms with Crippen LogP contribution in [0.5, 0.6) is 5.75 Å². The normalized spacial score (nSPS) is 17.4. The maximum absolute atomic E-state index is 13.0. The lowest BCUT2D eigenvalue weighted by Crippen LogP contribution is -2.45. The van der Waals surface area contributed by atoms with E-state index in [1.165, 1.54) is 25.0 Å².